The highest BCUT2D eigenvalue weighted by Gasteiger charge is 1.91. The average molecular weight is 162 g/mol. The molecule has 1 heteroatoms. The number of aliphatic hydroxyl groups excluding tert-OH is 1. The fourth-order valence-corrected chi connectivity index (χ4v) is 1.15. The van der Waals surface area contributed by atoms with E-state index < -0.39 is 0 Å². The minimum atomic E-state index is 0.138. The van der Waals surface area contributed by atoms with Crippen molar-refractivity contribution in [3.8, 4) is 0 Å². The van der Waals surface area contributed by atoms with Gasteiger partial charge in [0.05, 0.1) is 6.61 Å². The Labute approximate surface area is 73.4 Å². The molecule has 1 aromatic carbocycles. The SMILES string of the molecule is C/C(=C\CO)Cc1ccccc1. The molecule has 0 bridgehead atoms. The Kier molecular flexibility index (Phi) is 3.55. The summed E-state index contributed by atoms with van der Waals surface area (Å²) in [5, 5.41) is 8.64. The van der Waals surface area contributed by atoms with Crippen molar-refractivity contribution in [2.75, 3.05) is 6.61 Å². The van der Waals surface area contributed by atoms with Crippen LogP contribution in [0.25, 0.3) is 0 Å². The van der Waals surface area contributed by atoms with E-state index in [4.69, 9.17) is 5.11 Å². The molecule has 0 aliphatic carbocycles. The molecule has 0 aromatic heterocycles. The van der Waals surface area contributed by atoms with Crippen LogP contribution in [0.15, 0.2) is 42.0 Å². The summed E-state index contributed by atoms with van der Waals surface area (Å²) in [6, 6.07) is 10.3. The van der Waals surface area contributed by atoms with Crippen molar-refractivity contribution in [3.05, 3.63) is 47.5 Å². The summed E-state index contributed by atoms with van der Waals surface area (Å²) in [6.07, 6.45) is 2.77. The van der Waals surface area contributed by atoms with Crippen molar-refractivity contribution >= 4 is 0 Å². The number of benzene rings is 1. The summed E-state index contributed by atoms with van der Waals surface area (Å²) in [5.41, 5.74) is 2.50. The van der Waals surface area contributed by atoms with Gasteiger partial charge in [-0.3, -0.25) is 0 Å². The molecule has 0 fully saturated rings. The van der Waals surface area contributed by atoms with Crippen LogP contribution in [0.4, 0.5) is 0 Å². The van der Waals surface area contributed by atoms with E-state index in [0.29, 0.717) is 0 Å². The van der Waals surface area contributed by atoms with E-state index >= 15 is 0 Å². The molecule has 0 radical (unpaired) electrons. The molecule has 1 rings (SSSR count). The first-order valence-corrected chi connectivity index (χ1v) is 4.13. The minimum Gasteiger partial charge on any atom is -0.392 e. The fourth-order valence-electron chi connectivity index (χ4n) is 1.15. The maximum atomic E-state index is 8.64. The van der Waals surface area contributed by atoms with Gasteiger partial charge >= 0.3 is 0 Å². The Balaban J connectivity index is 2.58. The maximum absolute atomic E-state index is 8.64. The largest absolute Gasteiger partial charge is 0.392 e. The average Bonchev–Trinajstić information content (AvgIpc) is 2.06. The topological polar surface area (TPSA) is 20.2 Å². The highest BCUT2D eigenvalue weighted by Crippen LogP contribution is 2.06. The summed E-state index contributed by atoms with van der Waals surface area (Å²) in [5.74, 6) is 0. The lowest BCUT2D eigenvalue weighted by Gasteiger charge is -1.99. The van der Waals surface area contributed by atoms with Crippen LogP contribution in [0.5, 0.6) is 0 Å². The molecule has 1 aromatic rings. The van der Waals surface area contributed by atoms with Crippen molar-refractivity contribution in [1.82, 2.24) is 0 Å². The standard InChI is InChI=1S/C11H14O/c1-10(7-8-12)9-11-5-3-2-4-6-11/h2-7,12H,8-9H2,1H3/b10-7+. The lowest BCUT2D eigenvalue weighted by atomic mass is 10.1. The second kappa shape index (κ2) is 4.73. The van der Waals surface area contributed by atoms with Crippen molar-refractivity contribution in [1.29, 1.82) is 0 Å². The lowest BCUT2D eigenvalue weighted by molar-refractivity contribution is 0.341. The van der Waals surface area contributed by atoms with Crippen molar-refractivity contribution in [3.63, 3.8) is 0 Å². The summed E-state index contributed by atoms with van der Waals surface area (Å²) in [7, 11) is 0. The Hall–Kier alpha value is -1.08. The molecule has 0 aliphatic heterocycles. The van der Waals surface area contributed by atoms with Gasteiger partial charge in [-0.1, -0.05) is 42.0 Å². The summed E-state index contributed by atoms with van der Waals surface area (Å²) in [4.78, 5) is 0. The van der Waals surface area contributed by atoms with Gasteiger partial charge in [-0.15, -0.1) is 0 Å². The third-order valence-corrected chi connectivity index (χ3v) is 1.77. The van der Waals surface area contributed by atoms with Crippen LogP contribution in [0, 0.1) is 0 Å². The van der Waals surface area contributed by atoms with Gasteiger partial charge in [0.2, 0.25) is 0 Å². The van der Waals surface area contributed by atoms with Crippen LogP contribution in [0.2, 0.25) is 0 Å². The normalized spacial score (nSPS) is 11.7. The van der Waals surface area contributed by atoms with Crippen molar-refractivity contribution < 1.29 is 5.11 Å². The molecule has 0 heterocycles. The molecular formula is C11H14O. The van der Waals surface area contributed by atoms with Crippen LogP contribution in [-0.2, 0) is 6.42 Å². The van der Waals surface area contributed by atoms with E-state index in [1.165, 1.54) is 11.1 Å². The zero-order valence-corrected chi connectivity index (χ0v) is 7.33. The monoisotopic (exact) mass is 162 g/mol. The van der Waals surface area contributed by atoms with Crippen LogP contribution < -0.4 is 0 Å². The zero-order chi connectivity index (χ0) is 8.81. The molecule has 0 saturated heterocycles. The molecule has 0 atom stereocenters. The highest BCUT2D eigenvalue weighted by atomic mass is 16.2. The van der Waals surface area contributed by atoms with E-state index in [0.717, 1.165) is 6.42 Å². The highest BCUT2D eigenvalue weighted by molar-refractivity contribution is 5.20. The van der Waals surface area contributed by atoms with E-state index in [-0.39, 0.29) is 6.61 Å². The minimum absolute atomic E-state index is 0.138. The van der Waals surface area contributed by atoms with E-state index in [2.05, 4.69) is 12.1 Å². The van der Waals surface area contributed by atoms with E-state index in [1.807, 2.05) is 31.2 Å². The van der Waals surface area contributed by atoms with Gasteiger partial charge in [0, 0.05) is 0 Å². The van der Waals surface area contributed by atoms with Crippen molar-refractivity contribution in [2.24, 2.45) is 0 Å². The van der Waals surface area contributed by atoms with Crippen LogP contribution in [-0.4, -0.2) is 11.7 Å². The molecule has 64 valence electrons. The van der Waals surface area contributed by atoms with Gasteiger partial charge in [0.25, 0.3) is 0 Å². The van der Waals surface area contributed by atoms with Crippen LogP contribution in [0.1, 0.15) is 12.5 Å². The van der Waals surface area contributed by atoms with E-state index in [1.54, 1.807) is 0 Å². The van der Waals surface area contributed by atoms with Gasteiger partial charge in [-0.25, -0.2) is 0 Å². The maximum Gasteiger partial charge on any atom is 0.0615 e. The summed E-state index contributed by atoms with van der Waals surface area (Å²) in [6.45, 7) is 2.17. The first-order chi connectivity index (χ1) is 5.83. The molecule has 0 aliphatic rings. The Bertz CT molecular complexity index is 249. The van der Waals surface area contributed by atoms with Crippen molar-refractivity contribution in [2.45, 2.75) is 13.3 Å². The number of hydrogen-bond donors (Lipinski definition) is 1. The number of rotatable bonds is 3. The quantitative estimate of drug-likeness (QED) is 0.675. The fraction of sp³-hybridized carbons (Fsp3) is 0.273. The predicted octanol–water partition coefficient (Wildman–Crippen LogP) is 2.17. The Morgan fingerprint density at radius 1 is 1.33 bits per heavy atom. The molecule has 12 heavy (non-hydrogen) atoms. The third-order valence-electron chi connectivity index (χ3n) is 1.77. The second-order valence-corrected chi connectivity index (χ2v) is 2.90. The number of aliphatic hydroxyl groups is 1. The van der Waals surface area contributed by atoms with E-state index in [9.17, 15) is 0 Å². The summed E-state index contributed by atoms with van der Waals surface area (Å²) >= 11 is 0. The molecule has 0 spiro atoms. The van der Waals surface area contributed by atoms with Gasteiger partial charge < -0.3 is 5.11 Å². The second-order valence-electron chi connectivity index (χ2n) is 2.90. The summed E-state index contributed by atoms with van der Waals surface area (Å²) < 4.78 is 0. The molecule has 1 nitrogen and oxygen atoms in total. The predicted molar refractivity (Wildman–Crippen MR) is 51.0 cm³/mol. The number of hydrogen-bond acceptors (Lipinski definition) is 1. The molecule has 1 N–H and O–H groups in total. The van der Waals surface area contributed by atoms with Crippen LogP contribution >= 0.6 is 0 Å². The van der Waals surface area contributed by atoms with Gasteiger partial charge in [0.1, 0.15) is 0 Å². The van der Waals surface area contributed by atoms with Gasteiger partial charge in [-0.2, -0.15) is 0 Å². The number of allylic oxidation sites excluding steroid dienone is 1. The van der Waals surface area contributed by atoms with Gasteiger partial charge in [0.15, 0.2) is 0 Å². The first kappa shape index (κ1) is 9.01. The van der Waals surface area contributed by atoms with Gasteiger partial charge in [-0.05, 0) is 18.9 Å². The molecule has 0 amide bonds. The molecule has 0 saturated carbocycles. The first-order valence-electron chi connectivity index (χ1n) is 4.13. The smallest absolute Gasteiger partial charge is 0.0615 e. The third kappa shape index (κ3) is 2.89. The lowest BCUT2D eigenvalue weighted by Crippen LogP contribution is -1.87. The Morgan fingerprint density at radius 3 is 2.58 bits per heavy atom. The molecule has 0 unspecified atom stereocenters. The Morgan fingerprint density at radius 2 is 2.00 bits per heavy atom. The molecular weight excluding hydrogens is 148 g/mol. The zero-order valence-electron chi connectivity index (χ0n) is 7.33. The van der Waals surface area contributed by atoms with Crippen LogP contribution in [0.3, 0.4) is 0 Å².